The molecule has 1 fully saturated rings. The molecule has 1 saturated heterocycles. The van der Waals surface area contributed by atoms with Gasteiger partial charge >= 0.3 is 5.69 Å². The zero-order valence-electron chi connectivity index (χ0n) is 10.8. The van der Waals surface area contributed by atoms with Gasteiger partial charge in [0.1, 0.15) is 0 Å². The second-order valence-corrected chi connectivity index (χ2v) is 4.87. The van der Waals surface area contributed by atoms with Gasteiger partial charge in [0, 0.05) is 27.2 Å². The fraction of sp³-hybridized carbons (Fsp3) is 0.727. The highest BCUT2D eigenvalue weighted by Gasteiger charge is 2.27. The molecule has 0 aromatic carbocycles. The van der Waals surface area contributed by atoms with Crippen LogP contribution in [0.4, 0.5) is 5.82 Å². The van der Waals surface area contributed by atoms with Crippen molar-refractivity contribution < 1.29 is 5.11 Å². The van der Waals surface area contributed by atoms with Crippen molar-refractivity contribution in [1.29, 1.82) is 0 Å². The SMILES string of the molecule is CC1CN(c2nn(C)c(=O)n(C)c2=O)CCC1O. The van der Waals surface area contributed by atoms with Crippen molar-refractivity contribution in [3.63, 3.8) is 0 Å². The van der Waals surface area contributed by atoms with Gasteiger partial charge < -0.3 is 10.0 Å². The molecule has 0 spiro atoms. The maximum atomic E-state index is 12.0. The van der Waals surface area contributed by atoms with Crippen LogP contribution in [0.5, 0.6) is 0 Å². The third kappa shape index (κ3) is 2.05. The van der Waals surface area contributed by atoms with Gasteiger partial charge in [-0.1, -0.05) is 6.92 Å². The first-order valence-corrected chi connectivity index (χ1v) is 5.99. The number of anilines is 1. The monoisotopic (exact) mass is 254 g/mol. The van der Waals surface area contributed by atoms with E-state index in [1.807, 2.05) is 11.8 Å². The van der Waals surface area contributed by atoms with Gasteiger partial charge in [-0.05, 0) is 12.3 Å². The Morgan fingerprint density at radius 3 is 2.61 bits per heavy atom. The number of hydrogen-bond acceptors (Lipinski definition) is 5. The van der Waals surface area contributed by atoms with Crippen molar-refractivity contribution in [2.75, 3.05) is 18.0 Å². The molecule has 0 radical (unpaired) electrons. The first-order chi connectivity index (χ1) is 8.41. The lowest BCUT2D eigenvalue weighted by Gasteiger charge is -2.34. The molecule has 2 rings (SSSR count). The van der Waals surface area contributed by atoms with Gasteiger partial charge in [-0.15, -0.1) is 5.10 Å². The van der Waals surface area contributed by atoms with Crippen molar-refractivity contribution in [3.8, 4) is 0 Å². The maximum absolute atomic E-state index is 12.0. The summed E-state index contributed by atoms with van der Waals surface area (Å²) in [5.41, 5.74) is -0.824. The summed E-state index contributed by atoms with van der Waals surface area (Å²) in [7, 11) is 2.96. The minimum Gasteiger partial charge on any atom is -0.393 e. The third-order valence-corrected chi connectivity index (χ3v) is 3.46. The van der Waals surface area contributed by atoms with E-state index >= 15 is 0 Å². The Balaban J connectivity index is 2.41. The van der Waals surface area contributed by atoms with Crippen LogP contribution >= 0.6 is 0 Å². The number of aromatic nitrogens is 3. The fourth-order valence-electron chi connectivity index (χ4n) is 2.21. The van der Waals surface area contributed by atoms with E-state index in [1.165, 1.54) is 14.1 Å². The van der Waals surface area contributed by atoms with E-state index in [-0.39, 0.29) is 23.4 Å². The molecule has 1 aliphatic heterocycles. The molecule has 7 nitrogen and oxygen atoms in total. The van der Waals surface area contributed by atoms with Gasteiger partial charge in [0.15, 0.2) is 0 Å². The molecular formula is C11H18N4O3. The van der Waals surface area contributed by atoms with Crippen LogP contribution in [0.3, 0.4) is 0 Å². The van der Waals surface area contributed by atoms with Crippen molar-refractivity contribution in [3.05, 3.63) is 20.8 Å². The summed E-state index contributed by atoms with van der Waals surface area (Å²) in [6, 6.07) is 0. The summed E-state index contributed by atoms with van der Waals surface area (Å²) in [5, 5.41) is 13.7. The maximum Gasteiger partial charge on any atom is 0.346 e. The predicted molar refractivity (Wildman–Crippen MR) is 66.7 cm³/mol. The van der Waals surface area contributed by atoms with Crippen molar-refractivity contribution in [2.24, 2.45) is 20.0 Å². The first-order valence-electron chi connectivity index (χ1n) is 5.99. The van der Waals surface area contributed by atoms with Crippen LogP contribution in [0.2, 0.25) is 0 Å². The van der Waals surface area contributed by atoms with E-state index in [2.05, 4.69) is 5.10 Å². The summed E-state index contributed by atoms with van der Waals surface area (Å²) in [6.45, 7) is 3.08. The molecule has 100 valence electrons. The van der Waals surface area contributed by atoms with Crippen LogP contribution in [0.15, 0.2) is 9.59 Å². The zero-order valence-corrected chi connectivity index (χ0v) is 10.8. The zero-order chi connectivity index (χ0) is 13.4. The summed E-state index contributed by atoms with van der Waals surface area (Å²) in [5.74, 6) is 0.362. The smallest absolute Gasteiger partial charge is 0.346 e. The van der Waals surface area contributed by atoms with Gasteiger partial charge in [-0.2, -0.15) is 0 Å². The van der Waals surface area contributed by atoms with Crippen LogP contribution in [-0.2, 0) is 14.1 Å². The summed E-state index contributed by atoms with van der Waals surface area (Å²) >= 11 is 0. The van der Waals surface area contributed by atoms with Gasteiger partial charge in [0.2, 0.25) is 5.82 Å². The Labute approximate surface area is 104 Å². The topological polar surface area (TPSA) is 80.4 Å². The van der Waals surface area contributed by atoms with Crippen molar-refractivity contribution in [1.82, 2.24) is 14.3 Å². The molecule has 2 heterocycles. The highest BCUT2D eigenvalue weighted by Crippen LogP contribution is 2.18. The average molecular weight is 254 g/mol. The molecule has 1 N–H and O–H groups in total. The van der Waals surface area contributed by atoms with Crippen LogP contribution in [0, 0.1) is 5.92 Å². The number of hydrogen-bond donors (Lipinski definition) is 1. The second kappa shape index (κ2) is 4.56. The van der Waals surface area contributed by atoms with Crippen LogP contribution < -0.4 is 16.1 Å². The Morgan fingerprint density at radius 1 is 1.33 bits per heavy atom. The molecular weight excluding hydrogens is 236 g/mol. The molecule has 1 aromatic rings. The third-order valence-electron chi connectivity index (χ3n) is 3.46. The number of piperidine rings is 1. The minimum absolute atomic E-state index is 0.0856. The Kier molecular flexibility index (Phi) is 3.25. The Bertz CT molecular complexity index is 562. The fourth-order valence-corrected chi connectivity index (χ4v) is 2.21. The Hall–Kier alpha value is -1.63. The molecule has 0 amide bonds. The summed E-state index contributed by atoms with van der Waals surface area (Å²) < 4.78 is 2.21. The molecule has 2 unspecified atom stereocenters. The van der Waals surface area contributed by atoms with Gasteiger partial charge in [0.25, 0.3) is 5.56 Å². The Morgan fingerprint density at radius 2 is 2.00 bits per heavy atom. The normalized spacial score (nSPS) is 24.3. The lowest BCUT2D eigenvalue weighted by atomic mass is 9.97. The molecule has 0 saturated carbocycles. The van der Waals surface area contributed by atoms with Crippen LogP contribution in [0.25, 0.3) is 0 Å². The van der Waals surface area contributed by atoms with Gasteiger partial charge in [-0.25, -0.2) is 9.48 Å². The van der Waals surface area contributed by atoms with E-state index in [0.29, 0.717) is 19.5 Å². The van der Waals surface area contributed by atoms with E-state index in [9.17, 15) is 14.7 Å². The van der Waals surface area contributed by atoms with E-state index in [1.54, 1.807) is 0 Å². The van der Waals surface area contributed by atoms with Crippen molar-refractivity contribution in [2.45, 2.75) is 19.4 Å². The predicted octanol–water partition coefficient (Wildman–Crippen LogP) is -1.31. The van der Waals surface area contributed by atoms with Crippen molar-refractivity contribution >= 4 is 5.82 Å². The van der Waals surface area contributed by atoms with Crippen LogP contribution in [-0.4, -0.2) is 38.6 Å². The molecule has 1 aliphatic rings. The van der Waals surface area contributed by atoms with Crippen LogP contribution in [0.1, 0.15) is 13.3 Å². The number of aliphatic hydroxyl groups excluding tert-OH is 1. The lowest BCUT2D eigenvalue weighted by Crippen LogP contribution is -2.48. The summed E-state index contributed by atoms with van der Waals surface area (Å²) in [6.07, 6.45) is 0.270. The molecule has 2 atom stereocenters. The highest BCUT2D eigenvalue weighted by atomic mass is 16.3. The number of aliphatic hydroxyl groups is 1. The lowest BCUT2D eigenvalue weighted by molar-refractivity contribution is 0.0966. The number of aryl methyl sites for hydroxylation is 1. The molecule has 7 heteroatoms. The number of rotatable bonds is 1. The molecule has 0 aliphatic carbocycles. The second-order valence-electron chi connectivity index (χ2n) is 4.87. The average Bonchev–Trinajstić information content (AvgIpc) is 2.35. The first kappa shape index (κ1) is 12.8. The highest BCUT2D eigenvalue weighted by molar-refractivity contribution is 5.35. The summed E-state index contributed by atoms with van der Waals surface area (Å²) in [4.78, 5) is 25.4. The van der Waals surface area contributed by atoms with Gasteiger partial charge in [0.05, 0.1) is 6.10 Å². The molecule has 0 bridgehead atoms. The van der Waals surface area contributed by atoms with E-state index in [0.717, 1.165) is 9.25 Å². The minimum atomic E-state index is -0.436. The molecule has 1 aromatic heterocycles. The van der Waals surface area contributed by atoms with Gasteiger partial charge in [-0.3, -0.25) is 9.36 Å². The molecule has 18 heavy (non-hydrogen) atoms. The van der Waals surface area contributed by atoms with E-state index in [4.69, 9.17) is 0 Å². The largest absolute Gasteiger partial charge is 0.393 e. The van der Waals surface area contributed by atoms with E-state index < -0.39 is 5.69 Å². The quantitative estimate of drug-likeness (QED) is 0.673. The number of nitrogens with zero attached hydrogens (tertiary/aromatic N) is 4. The standard InChI is InChI=1S/C11H18N4O3/c1-7-6-15(5-4-8(7)16)9-10(17)13(2)11(18)14(3)12-9/h7-8,16H,4-6H2,1-3H3.